The van der Waals surface area contributed by atoms with E-state index in [0.29, 0.717) is 6.42 Å². The number of nitrogens with zero attached hydrogens (tertiary/aromatic N) is 2. The van der Waals surface area contributed by atoms with E-state index in [9.17, 15) is 18.8 Å². The predicted octanol–water partition coefficient (Wildman–Crippen LogP) is 1.35. The standard InChI is InChI=1S/C18H23FN4O4/c1-3-4-9-23-15(20)14(16(24)21-18(23)26)22(10-11-27-2)17(25)12-7-5-6-8-13(12)19/h5-8H,3-4,9-11,20H2,1-2H3,(H,21,24,26). The van der Waals surface area contributed by atoms with Crippen LogP contribution in [0.5, 0.6) is 0 Å². The number of benzene rings is 1. The molecule has 0 saturated carbocycles. The lowest BCUT2D eigenvalue weighted by Crippen LogP contribution is -2.42. The molecule has 0 fully saturated rings. The first kappa shape index (κ1) is 20.4. The van der Waals surface area contributed by atoms with Gasteiger partial charge in [-0.1, -0.05) is 25.5 Å². The molecule has 9 heteroatoms. The van der Waals surface area contributed by atoms with Crippen LogP contribution >= 0.6 is 0 Å². The van der Waals surface area contributed by atoms with Crippen LogP contribution in [0, 0.1) is 5.82 Å². The number of unbranched alkanes of at least 4 members (excludes halogenated alkanes) is 1. The molecule has 1 amide bonds. The van der Waals surface area contributed by atoms with Gasteiger partial charge >= 0.3 is 5.69 Å². The topological polar surface area (TPSA) is 110 Å². The molecular formula is C18H23FN4O4. The second kappa shape index (κ2) is 9.13. The van der Waals surface area contributed by atoms with E-state index in [1.165, 1.54) is 29.9 Å². The molecule has 1 aromatic heterocycles. The smallest absolute Gasteiger partial charge is 0.330 e. The quantitative estimate of drug-likeness (QED) is 0.720. The number of carbonyl (C=O) groups excluding carboxylic acids is 1. The van der Waals surface area contributed by atoms with Crippen molar-refractivity contribution in [3.8, 4) is 0 Å². The molecule has 0 aliphatic rings. The van der Waals surface area contributed by atoms with E-state index >= 15 is 0 Å². The number of nitrogens with two attached hydrogens (primary N) is 1. The van der Waals surface area contributed by atoms with Gasteiger partial charge in [0.05, 0.1) is 12.2 Å². The Kier molecular flexibility index (Phi) is 6.89. The number of methoxy groups -OCH3 is 1. The molecule has 0 aliphatic heterocycles. The van der Waals surface area contributed by atoms with Gasteiger partial charge in [0.15, 0.2) is 5.69 Å². The molecule has 27 heavy (non-hydrogen) atoms. The van der Waals surface area contributed by atoms with Gasteiger partial charge in [0.25, 0.3) is 11.5 Å². The van der Waals surface area contributed by atoms with Crippen LogP contribution in [0.3, 0.4) is 0 Å². The van der Waals surface area contributed by atoms with E-state index in [4.69, 9.17) is 10.5 Å². The van der Waals surface area contributed by atoms with Crippen molar-refractivity contribution >= 4 is 17.4 Å². The van der Waals surface area contributed by atoms with Crippen molar-refractivity contribution in [2.75, 3.05) is 30.9 Å². The number of anilines is 2. The summed E-state index contributed by atoms with van der Waals surface area (Å²) in [4.78, 5) is 40.7. The fourth-order valence-electron chi connectivity index (χ4n) is 2.65. The molecule has 8 nitrogen and oxygen atoms in total. The summed E-state index contributed by atoms with van der Waals surface area (Å²) in [6.07, 6.45) is 1.47. The number of nitrogens with one attached hydrogen (secondary N) is 1. The van der Waals surface area contributed by atoms with Gasteiger partial charge in [-0.25, -0.2) is 9.18 Å². The molecule has 3 N–H and O–H groups in total. The zero-order valence-electron chi connectivity index (χ0n) is 15.3. The van der Waals surface area contributed by atoms with Gasteiger partial charge in [-0.15, -0.1) is 0 Å². The first-order valence-corrected chi connectivity index (χ1v) is 8.60. The lowest BCUT2D eigenvalue weighted by Gasteiger charge is -2.24. The summed E-state index contributed by atoms with van der Waals surface area (Å²) in [5.41, 5.74) is 4.19. The minimum atomic E-state index is -0.814. The van der Waals surface area contributed by atoms with E-state index in [1.807, 2.05) is 6.92 Å². The van der Waals surface area contributed by atoms with Crippen LogP contribution in [0.4, 0.5) is 15.9 Å². The molecule has 1 aromatic carbocycles. The summed E-state index contributed by atoms with van der Waals surface area (Å²) >= 11 is 0. The molecule has 2 rings (SSSR count). The first-order valence-electron chi connectivity index (χ1n) is 8.60. The van der Waals surface area contributed by atoms with Crippen LogP contribution in [0.1, 0.15) is 30.1 Å². The van der Waals surface area contributed by atoms with E-state index in [2.05, 4.69) is 4.98 Å². The minimum absolute atomic E-state index is 0.0388. The number of hydrogen-bond donors (Lipinski definition) is 2. The highest BCUT2D eigenvalue weighted by Gasteiger charge is 2.26. The molecule has 0 radical (unpaired) electrons. The van der Waals surface area contributed by atoms with Crippen molar-refractivity contribution in [2.45, 2.75) is 26.3 Å². The Balaban J connectivity index is 2.60. The fraction of sp³-hybridized carbons (Fsp3) is 0.389. The zero-order valence-corrected chi connectivity index (χ0v) is 15.3. The van der Waals surface area contributed by atoms with Crippen LogP contribution < -0.4 is 21.9 Å². The van der Waals surface area contributed by atoms with Crippen molar-refractivity contribution in [1.29, 1.82) is 0 Å². The van der Waals surface area contributed by atoms with Crippen LogP contribution in [-0.4, -0.2) is 35.7 Å². The molecule has 0 spiro atoms. The number of halogens is 1. The van der Waals surface area contributed by atoms with Crippen LogP contribution in [-0.2, 0) is 11.3 Å². The molecule has 0 bridgehead atoms. The average molecular weight is 378 g/mol. The Morgan fingerprint density at radius 3 is 2.67 bits per heavy atom. The highest BCUT2D eigenvalue weighted by atomic mass is 19.1. The Labute approximate surface area is 155 Å². The third kappa shape index (κ3) is 4.43. The van der Waals surface area contributed by atoms with Crippen molar-refractivity contribution < 1.29 is 13.9 Å². The molecule has 0 atom stereocenters. The van der Waals surface area contributed by atoms with Crippen molar-refractivity contribution in [1.82, 2.24) is 9.55 Å². The largest absolute Gasteiger partial charge is 0.383 e. The highest BCUT2D eigenvalue weighted by Crippen LogP contribution is 2.20. The Bertz CT molecular complexity index is 922. The first-order chi connectivity index (χ1) is 12.9. The minimum Gasteiger partial charge on any atom is -0.383 e. The molecule has 1 heterocycles. The maximum absolute atomic E-state index is 14.1. The molecule has 0 saturated heterocycles. The number of amides is 1. The lowest BCUT2D eigenvalue weighted by atomic mass is 10.1. The summed E-state index contributed by atoms with van der Waals surface area (Å²) in [5.74, 6) is -1.61. The number of aromatic amines is 1. The van der Waals surface area contributed by atoms with Gasteiger partial charge in [0, 0.05) is 20.2 Å². The Morgan fingerprint density at radius 1 is 1.33 bits per heavy atom. The average Bonchev–Trinajstić information content (AvgIpc) is 2.64. The van der Waals surface area contributed by atoms with E-state index in [1.54, 1.807) is 0 Å². The third-order valence-electron chi connectivity index (χ3n) is 4.09. The predicted molar refractivity (Wildman–Crippen MR) is 101 cm³/mol. The fourth-order valence-corrected chi connectivity index (χ4v) is 2.65. The Hall–Kier alpha value is -2.94. The molecule has 146 valence electrons. The maximum atomic E-state index is 14.1. The van der Waals surface area contributed by atoms with Crippen molar-refractivity contribution in [2.24, 2.45) is 0 Å². The number of nitrogen functional groups attached to an aromatic ring is 1. The summed E-state index contributed by atoms with van der Waals surface area (Å²) in [6.45, 7) is 2.29. The second-order valence-electron chi connectivity index (χ2n) is 5.93. The van der Waals surface area contributed by atoms with E-state index < -0.39 is 23.0 Å². The molecule has 0 unspecified atom stereocenters. The van der Waals surface area contributed by atoms with Gasteiger partial charge in [0.2, 0.25) is 0 Å². The Morgan fingerprint density at radius 2 is 2.04 bits per heavy atom. The summed E-state index contributed by atoms with van der Waals surface area (Å²) in [6, 6.07) is 5.44. The van der Waals surface area contributed by atoms with Gasteiger partial charge in [-0.2, -0.15) is 0 Å². The summed E-state index contributed by atoms with van der Waals surface area (Å²) in [5, 5.41) is 0. The van der Waals surface area contributed by atoms with Crippen molar-refractivity contribution in [3.05, 3.63) is 56.5 Å². The number of rotatable bonds is 8. The summed E-state index contributed by atoms with van der Waals surface area (Å²) in [7, 11) is 1.43. The highest BCUT2D eigenvalue weighted by molar-refractivity contribution is 6.07. The lowest BCUT2D eigenvalue weighted by molar-refractivity contribution is 0.0971. The van der Waals surface area contributed by atoms with Gasteiger partial charge < -0.3 is 10.5 Å². The van der Waals surface area contributed by atoms with Crippen molar-refractivity contribution in [3.63, 3.8) is 0 Å². The molecule has 2 aromatic rings. The molecule has 0 aliphatic carbocycles. The van der Waals surface area contributed by atoms with Crippen LogP contribution in [0.2, 0.25) is 0 Å². The zero-order chi connectivity index (χ0) is 20.0. The maximum Gasteiger partial charge on any atom is 0.330 e. The number of H-pyrrole nitrogens is 1. The number of hydrogen-bond acceptors (Lipinski definition) is 5. The number of aromatic nitrogens is 2. The van der Waals surface area contributed by atoms with Gasteiger partial charge in [-0.05, 0) is 18.6 Å². The van der Waals surface area contributed by atoms with Crippen LogP contribution in [0.15, 0.2) is 33.9 Å². The second-order valence-corrected chi connectivity index (χ2v) is 5.93. The van der Waals surface area contributed by atoms with Gasteiger partial charge in [0.1, 0.15) is 11.6 Å². The third-order valence-corrected chi connectivity index (χ3v) is 4.09. The van der Waals surface area contributed by atoms with Gasteiger partial charge in [-0.3, -0.25) is 24.0 Å². The van der Waals surface area contributed by atoms with E-state index in [-0.39, 0.29) is 36.8 Å². The summed E-state index contributed by atoms with van der Waals surface area (Å²) < 4.78 is 20.3. The van der Waals surface area contributed by atoms with Crippen LogP contribution in [0.25, 0.3) is 0 Å². The van der Waals surface area contributed by atoms with E-state index in [0.717, 1.165) is 17.4 Å². The number of carbonyl (C=O) groups is 1. The SMILES string of the molecule is CCCCn1c(N)c(N(CCOC)C(=O)c2ccccc2F)c(=O)[nH]c1=O. The normalized spacial score (nSPS) is 10.8. The number of ether oxygens (including phenoxy) is 1. The molecular weight excluding hydrogens is 355 g/mol. The monoisotopic (exact) mass is 378 g/mol.